The first-order valence-corrected chi connectivity index (χ1v) is 14.3. The van der Waals surface area contributed by atoms with Gasteiger partial charge in [-0.2, -0.15) is 0 Å². The van der Waals surface area contributed by atoms with Crippen LogP contribution in [0.25, 0.3) is 0 Å². The van der Waals surface area contributed by atoms with Crippen molar-refractivity contribution in [1.82, 2.24) is 9.97 Å². The van der Waals surface area contributed by atoms with Gasteiger partial charge in [0.1, 0.15) is 0 Å². The summed E-state index contributed by atoms with van der Waals surface area (Å²) in [6.07, 6.45) is 18.7. The minimum atomic E-state index is 0.103. The van der Waals surface area contributed by atoms with Crippen LogP contribution in [0.2, 0.25) is 0 Å². The number of nitrogens with zero attached hydrogens (tertiary/aromatic N) is 2. The molecule has 2 heteroatoms. The summed E-state index contributed by atoms with van der Waals surface area (Å²) < 4.78 is 0. The molecule has 34 heavy (non-hydrogen) atoms. The van der Waals surface area contributed by atoms with E-state index in [0.717, 1.165) is 18.3 Å². The first-order valence-electron chi connectivity index (χ1n) is 14.3. The summed E-state index contributed by atoms with van der Waals surface area (Å²) in [5.74, 6) is 2.27. The van der Waals surface area contributed by atoms with Crippen LogP contribution in [0.5, 0.6) is 0 Å². The Kier molecular flexibility index (Phi) is 4.63. The zero-order valence-electron chi connectivity index (χ0n) is 23.2. The van der Waals surface area contributed by atoms with Crippen molar-refractivity contribution in [2.45, 2.75) is 119 Å². The van der Waals surface area contributed by atoms with Gasteiger partial charge in [-0.05, 0) is 103 Å². The third-order valence-electron chi connectivity index (χ3n) is 12.8. The van der Waals surface area contributed by atoms with Crippen molar-refractivity contribution in [3.05, 3.63) is 35.4 Å². The summed E-state index contributed by atoms with van der Waals surface area (Å²) in [6, 6.07) is 0. The predicted octanol–water partition coefficient (Wildman–Crippen LogP) is 8.31. The normalized spacial score (nSPS) is 48.4. The average Bonchev–Trinajstić information content (AvgIpc) is 2.74. The van der Waals surface area contributed by atoms with Gasteiger partial charge in [0.25, 0.3) is 0 Å². The van der Waals surface area contributed by atoms with E-state index in [-0.39, 0.29) is 5.41 Å². The molecule has 0 aromatic carbocycles. The Balaban J connectivity index is 1.44. The lowest BCUT2D eigenvalue weighted by atomic mass is 9.35. The van der Waals surface area contributed by atoms with Gasteiger partial charge in [0.2, 0.25) is 0 Å². The molecule has 6 rings (SSSR count). The second kappa shape index (κ2) is 6.77. The topological polar surface area (TPSA) is 25.8 Å². The number of hydrogen-bond donors (Lipinski definition) is 0. The van der Waals surface area contributed by atoms with E-state index in [4.69, 9.17) is 9.97 Å². The van der Waals surface area contributed by atoms with Crippen molar-refractivity contribution in [3.63, 3.8) is 0 Å². The molecular formula is C32H48N2. The minimum absolute atomic E-state index is 0.103. The largest absolute Gasteiger partial charge is 0.258 e. The van der Waals surface area contributed by atoms with E-state index < -0.39 is 0 Å². The van der Waals surface area contributed by atoms with Crippen LogP contribution in [0.4, 0.5) is 0 Å². The van der Waals surface area contributed by atoms with Crippen molar-refractivity contribution < 1.29 is 0 Å². The molecule has 0 saturated heterocycles. The number of hydrogen-bond acceptors (Lipinski definition) is 2. The van der Waals surface area contributed by atoms with E-state index >= 15 is 0 Å². The molecule has 1 aromatic rings. The van der Waals surface area contributed by atoms with Gasteiger partial charge in [0.05, 0.1) is 11.4 Å². The van der Waals surface area contributed by atoms with Crippen LogP contribution in [-0.4, -0.2) is 9.97 Å². The SMILES string of the molecule is CC1(C)CC[C@]2(C)CC=C3[C@]4(C)CC[C@H]5C(C)(C)c6nccnc6C[C@]5(C)[C@H]4CC[C@@]3(C)[C@@H]2C1. The van der Waals surface area contributed by atoms with Gasteiger partial charge in [-0.1, -0.05) is 67.0 Å². The molecule has 2 nitrogen and oxygen atoms in total. The quantitative estimate of drug-likeness (QED) is 0.364. The van der Waals surface area contributed by atoms with Gasteiger partial charge >= 0.3 is 0 Å². The molecule has 3 saturated carbocycles. The first kappa shape index (κ1) is 23.2. The molecule has 0 N–H and O–H groups in total. The molecule has 3 fully saturated rings. The molecule has 0 unspecified atom stereocenters. The van der Waals surface area contributed by atoms with Crippen molar-refractivity contribution >= 4 is 0 Å². The standard InChI is InChI=1S/C32H48N2/c1-27(2)15-16-29(5)12-9-23-30(6)13-10-22-28(3,4)26-21(33-17-18-34-26)19-32(22,8)24(30)11-14-31(23,7)25(29)20-27/h9,17-18,22,24-25H,10-16,19-20H2,1-8H3/t22-,24-,25+,29-,30-,31+,32-/m0/s1. The van der Waals surface area contributed by atoms with E-state index in [2.05, 4.69) is 61.5 Å². The summed E-state index contributed by atoms with van der Waals surface area (Å²) in [4.78, 5) is 9.79. The summed E-state index contributed by atoms with van der Waals surface area (Å²) in [5.41, 5.74) is 6.53. The Morgan fingerprint density at radius 2 is 1.38 bits per heavy atom. The Morgan fingerprint density at radius 1 is 0.735 bits per heavy atom. The number of rotatable bonds is 0. The van der Waals surface area contributed by atoms with Crippen LogP contribution in [-0.2, 0) is 11.8 Å². The van der Waals surface area contributed by atoms with E-state index in [9.17, 15) is 0 Å². The zero-order valence-corrected chi connectivity index (χ0v) is 23.2. The van der Waals surface area contributed by atoms with Crippen LogP contribution in [0.1, 0.15) is 118 Å². The fourth-order valence-electron chi connectivity index (χ4n) is 11.2. The van der Waals surface area contributed by atoms with Gasteiger partial charge in [0, 0.05) is 17.8 Å². The predicted molar refractivity (Wildman–Crippen MR) is 140 cm³/mol. The van der Waals surface area contributed by atoms with Gasteiger partial charge in [-0.3, -0.25) is 9.97 Å². The Hall–Kier alpha value is -1.18. The van der Waals surface area contributed by atoms with Crippen LogP contribution >= 0.6 is 0 Å². The number of allylic oxidation sites excluding steroid dienone is 2. The zero-order chi connectivity index (χ0) is 24.4. The first-order chi connectivity index (χ1) is 15.8. The molecule has 5 aliphatic rings. The molecular weight excluding hydrogens is 412 g/mol. The van der Waals surface area contributed by atoms with E-state index in [1.807, 2.05) is 18.0 Å². The maximum Gasteiger partial charge on any atom is 0.0678 e. The van der Waals surface area contributed by atoms with Crippen molar-refractivity contribution in [2.75, 3.05) is 0 Å². The van der Waals surface area contributed by atoms with Crippen molar-refractivity contribution in [2.24, 2.45) is 44.8 Å². The number of fused-ring (bicyclic) bond motifs is 8. The van der Waals surface area contributed by atoms with E-state index in [1.54, 1.807) is 0 Å². The minimum Gasteiger partial charge on any atom is -0.258 e. The number of aromatic nitrogens is 2. The highest BCUT2D eigenvalue weighted by atomic mass is 14.9. The second-order valence-corrected chi connectivity index (χ2v) is 15.7. The van der Waals surface area contributed by atoms with Gasteiger partial charge in [-0.25, -0.2) is 0 Å². The van der Waals surface area contributed by atoms with Gasteiger partial charge < -0.3 is 0 Å². The lowest BCUT2D eigenvalue weighted by molar-refractivity contribution is -0.132. The lowest BCUT2D eigenvalue weighted by Crippen LogP contribution is -2.62. The average molecular weight is 461 g/mol. The third kappa shape index (κ3) is 2.81. The lowest BCUT2D eigenvalue weighted by Gasteiger charge is -2.69. The second-order valence-electron chi connectivity index (χ2n) is 15.7. The molecule has 0 radical (unpaired) electrons. The highest BCUT2D eigenvalue weighted by Crippen LogP contribution is 2.74. The smallest absolute Gasteiger partial charge is 0.0678 e. The molecule has 186 valence electrons. The molecule has 0 amide bonds. The highest BCUT2D eigenvalue weighted by molar-refractivity contribution is 5.37. The summed E-state index contributed by atoms with van der Waals surface area (Å²) in [7, 11) is 0. The summed E-state index contributed by atoms with van der Waals surface area (Å²) >= 11 is 0. The molecule has 0 spiro atoms. The Morgan fingerprint density at radius 3 is 2.12 bits per heavy atom. The Labute approximate surface area is 208 Å². The monoisotopic (exact) mass is 460 g/mol. The van der Waals surface area contributed by atoms with Gasteiger partial charge in [0.15, 0.2) is 0 Å². The third-order valence-corrected chi connectivity index (χ3v) is 12.8. The molecule has 0 aliphatic heterocycles. The summed E-state index contributed by atoms with van der Waals surface area (Å²) in [6.45, 7) is 20.7. The van der Waals surface area contributed by atoms with Crippen LogP contribution in [0.15, 0.2) is 24.0 Å². The highest BCUT2D eigenvalue weighted by Gasteiger charge is 2.66. The van der Waals surface area contributed by atoms with Crippen molar-refractivity contribution in [3.8, 4) is 0 Å². The van der Waals surface area contributed by atoms with Crippen LogP contribution in [0, 0.1) is 44.8 Å². The fourth-order valence-corrected chi connectivity index (χ4v) is 11.2. The van der Waals surface area contributed by atoms with E-state index in [1.165, 1.54) is 62.8 Å². The molecule has 1 aromatic heterocycles. The van der Waals surface area contributed by atoms with Crippen LogP contribution < -0.4 is 0 Å². The molecule has 0 bridgehead atoms. The molecule has 1 heterocycles. The van der Waals surface area contributed by atoms with Crippen molar-refractivity contribution in [1.29, 1.82) is 0 Å². The van der Waals surface area contributed by atoms with E-state index in [0.29, 0.717) is 33.0 Å². The van der Waals surface area contributed by atoms with Gasteiger partial charge in [-0.15, -0.1) is 0 Å². The molecule has 7 atom stereocenters. The maximum atomic E-state index is 4.91. The molecule has 5 aliphatic carbocycles. The summed E-state index contributed by atoms with van der Waals surface area (Å²) in [5, 5.41) is 0. The Bertz CT molecular complexity index is 1050. The fraction of sp³-hybridized carbons (Fsp3) is 0.812. The van der Waals surface area contributed by atoms with Crippen LogP contribution in [0.3, 0.4) is 0 Å². The maximum absolute atomic E-state index is 4.91.